The van der Waals surface area contributed by atoms with E-state index in [4.69, 9.17) is 9.47 Å². The molecule has 26 heavy (non-hydrogen) atoms. The van der Waals surface area contributed by atoms with Crippen LogP contribution in [0, 0.1) is 0 Å². The number of fused-ring (bicyclic) bond motifs is 1. The number of rotatable bonds is 4. The van der Waals surface area contributed by atoms with Crippen molar-refractivity contribution in [2.75, 3.05) is 19.5 Å². The predicted molar refractivity (Wildman–Crippen MR) is 98.2 cm³/mol. The monoisotopic (exact) mass is 349 g/mol. The van der Waals surface area contributed by atoms with Gasteiger partial charge in [-0.3, -0.25) is 9.36 Å². The molecular formula is C20H19N3O3. The highest BCUT2D eigenvalue weighted by Gasteiger charge is 2.32. The SMILES string of the molecule is COc1ccc(C2CC(=O)Nc3c2ncn3-c2ccccc2)c(OC)c1. The number of anilines is 1. The zero-order valence-electron chi connectivity index (χ0n) is 14.6. The molecule has 0 aliphatic carbocycles. The summed E-state index contributed by atoms with van der Waals surface area (Å²) < 4.78 is 12.7. The number of hydrogen-bond acceptors (Lipinski definition) is 4. The van der Waals surface area contributed by atoms with Crippen LogP contribution < -0.4 is 14.8 Å². The number of nitrogens with one attached hydrogen (secondary N) is 1. The van der Waals surface area contributed by atoms with Crippen LogP contribution in [0.4, 0.5) is 5.82 Å². The van der Waals surface area contributed by atoms with Crippen molar-refractivity contribution in [2.45, 2.75) is 12.3 Å². The van der Waals surface area contributed by atoms with Gasteiger partial charge < -0.3 is 14.8 Å². The van der Waals surface area contributed by atoms with Crippen molar-refractivity contribution in [1.82, 2.24) is 9.55 Å². The second-order valence-electron chi connectivity index (χ2n) is 6.10. The number of para-hydroxylation sites is 1. The molecule has 2 heterocycles. The van der Waals surface area contributed by atoms with Crippen LogP contribution in [0.5, 0.6) is 11.5 Å². The maximum absolute atomic E-state index is 12.4. The van der Waals surface area contributed by atoms with Crippen molar-refractivity contribution in [2.24, 2.45) is 0 Å². The summed E-state index contributed by atoms with van der Waals surface area (Å²) in [7, 11) is 3.23. The number of benzene rings is 2. The molecule has 1 aliphatic rings. The van der Waals surface area contributed by atoms with Crippen LogP contribution in [0.15, 0.2) is 54.9 Å². The number of hydrogen-bond donors (Lipinski definition) is 1. The minimum absolute atomic E-state index is 0.0435. The fourth-order valence-electron chi connectivity index (χ4n) is 3.35. The van der Waals surface area contributed by atoms with E-state index in [1.807, 2.05) is 53.1 Å². The molecule has 6 heteroatoms. The van der Waals surface area contributed by atoms with Gasteiger partial charge in [0.25, 0.3) is 0 Å². The average molecular weight is 349 g/mol. The Balaban J connectivity index is 1.82. The first-order chi connectivity index (χ1) is 12.7. The zero-order valence-corrected chi connectivity index (χ0v) is 14.6. The minimum atomic E-state index is -0.176. The molecule has 1 aromatic heterocycles. The van der Waals surface area contributed by atoms with Crippen LogP contribution in [0.1, 0.15) is 23.6 Å². The van der Waals surface area contributed by atoms with E-state index < -0.39 is 0 Å². The molecule has 0 saturated heterocycles. The van der Waals surface area contributed by atoms with Gasteiger partial charge in [-0.25, -0.2) is 4.98 Å². The Morgan fingerprint density at radius 1 is 1.12 bits per heavy atom. The van der Waals surface area contributed by atoms with Crippen molar-refractivity contribution < 1.29 is 14.3 Å². The zero-order chi connectivity index (χ0) is 18.1. The lowest BCUT2D eigenvalue weighted by Gasteiger charge is -2.25. The van der Waals surface area contributed by atoms with Crippen LogP contribution in [0.3, 0.4) is 0 Å². The highest BCUT2D eigenvalue weighted by Crippen LogP contribution is 2.41. The van der Waals surface area contributed by atoms with Crippen molar-refractivity contribution in [3.63, 3.8) is 0 Å². The Hall–Kier alpha value is -3.28. The van der Waals surface area contributed by atoms with Gasteiger partial charge in [-0.1, -0.05) is 24.3 Å². The maximum Gasteiger partial charge on any atom is 0.226 e. The predicted octanol–water partition coefficient (Wildman–Crippen LogP) is 3.36. The number of aromatic nitrogens is 2. The van der Waals surface area contributed by atoms with E-state index in [1.54, 1.807) is 20.5 Å². The first-order valence-electron chi connectivity index (χ1n) is 8.35. The number of ether oxygens (including phenoxy) is 2. The number of methoxy groups -OCH3 is 2. The quantitative estimate of drug-likeness (QED) is 0.784. The Morgan fingerprint density at radius 3 is 2.65 bits per heavy atom. The standard InChI is InChI=1S/C20H19N3O3/c1-25-14-8-9-15(17(10-14)26-2)16-11-18(24)22-20-19(16)21-12-23(20)13-6-4-3-5-7-13/h3-10,12,16H,11H2,1-2H3,(H,22,24). The number of nitrogens with zero attached hydrogens (tertiary/aromatic N) is 2. The average Bonchev–Trinajstić information content (AvgIpc) is 3.11. The first kappa shape index (κ1) is 16.2. The fraction of sp³-hybridized carbons (Fsp3) is 0.200. The molecule has 1 amide bonds. The molecule has 6 nitrogen and oxygen atoms in total. The van der Waals surface area contributed by atoms with Crippen LogP contribution in [-0.2, 0) is 4.79 Å². The summed E-state index contributed by atoms with van der Waals surface area (Å²) in [5, 5.41) is 2.96. The van der Waals surface area contributed by atoms with E-state index in [0.29, 0.717) is 23.7 Å². The summed E-state index contributed by atoms with van der Waals surface area (Å²) in [5.74, 6) is 1.88. The summed E-state index contributed by atoms with van der Waals surface area (Å²) in [6, 6.07) is 15.5. The smallest absolute Gasteiger partial charge is 0.226 e. The van der Waals surface area contributed by atoms with E-state index in [1.165, 1.54) is 0 Å². The Labute approximate surface area is 151 Å². The largest absolute Gasteiger partial charge is 0.497 e. The lowest BCUT2D eigenvalue weighted by atomic mass is 9.89. The summed E-state index contributed by atoms with van der Waals surface area (Å²) in [6.07, 6.45) is 2.07. The normalized spacial score (nSPS) is 15.9. The number of carbonyl (C=O) groups is 1. The van der Waals surface area contributed by atoms with E-state index in [9.17, 15) is 4.79 Å². The molecule has 2 aromatic carbocycles. The summed E-state index contributed by atoms with van der Waals surface area (Å²) in [4.78, 5) is 17.0. The van der Waals surface area contributed by atoms with E-state index in [0.717, 1.165) is 16.9 Å². The summed E-state index contributed by atoms with van der Waals surface area (Å²) in [6.45, 7) is 0. The van der Waals surface area contributed by atoms with Gasteiger partial charge in [-0.2, -0.15) is 0 Å². The van der Waals surface area contributed by atoms with Gasteiger partial charge in [0.05, 0.1) is 19.9 Å². The molecule has 1 atom stereocenters. The van der Waals surface area contributed by atoms with Crippen LogP contribution in [0.2, 0.25) is 0 Å². The van der Waals surface area contributed by atoms with Crippen LogP contribution in [0.25, 0.3) is 5.69 Å². The number of imidazole rings is 1. The maximum atomic E-state index is 12.4. The second kappa shape index (κ2) is 6.55. The third-order valence-corrected chi connectivity index (χ3v) is 4.62. The Kier molecular flexibility index (Phi) is 4.08. The summed E-state index contributed by atoms with van der Waals surface area (Å²) >= 11 is 0. The van der Waals surface area contributed by atoms with E-state index >= 15 is 0 Å². The van der Waals surface area contributed by atoms with Crippen LogP contribution >= 0.6 is 0 Å². The molecule has 0 bridgehead atoms. The van der Waals surface area contributed by atoms with Crippen LogP contribution in [-0.4, -0.2) is 29.7 Å². The molecule has 0 radical (unpaired) electrons. The number of carbonyl (C=O) groups excluding carboxylic acids is 1. The van der Waals surface area contributed by atoms with Crippen molar-refractivity contribution in [3.8, 4) is 17.2 Å². The van der Waals surface area contributed by atoms with E-state index in [2.05, 4.69) is 10.3 Å². The molecule has 1 aliphatic heterocycles. The van der Waals surface area contributed by atoms with Gasteiger partial charge in [0.15, 0.2) is 0 Å². The second-order valence-corrected chi connectivity index (χ2v) is 6.10. The van der Waals surface area contributed by atoms with Gasteiger partial charge in [0.2, 0.25) is 5.91 Å². The van der Waals surface area contributed by atoms with E-state index in [-0.39, 0.29) is 11.8 Å². The molecule has 1 N–H and O–H groups in total. The van der Waals surface area contributed by atoms with Crippen molar-refractivity contribution in [3.05, 3.63) is 66.1 Å². The van der Waals surface area contributed by atoms with Crippen molar-refractivity contribution in [1.29, 1.82) is 0 Å². The third kappa shape index (κ3) is 2.69. The van der Waals surface area contributed by atoms with Gasteiger partial charge in [-0.15, -0.1) is 0 Å². The first-order valence-corrected chi connectivity index (χ1v) is 8.35. The summed E-state index contributed by atoms with van der Waals surface area (Å²) in [5.41, 5.74) is 2.70. The Bertz CT molecular complexity index is 950. The molecule has 0 saturated carbocycles. The Morgan fingerprint density at radius 2 is 1.92 bits per heavy atom. The number of amides is 1. The van der Waals surface area contributed by atoms with Gasteiger partial charge >= 0.3 is 0 Å². The molecule has 0 fully saturated rings. The van der Waals surface area contributed by atoms with Crippen molar-refractivity contribution >= 4 is 11.7 Å². The van der Waals surface area contributed by atoms with Gasteiger partial charge in [0.1, 0.15) is 23.6 Å². The van der Waals surface area contributed by atoms with Gasteiger partial charge in [0, 0.05) is 29.7 Å². The molecule has 3 aromatic rings. The lowest BCUT2D eigenvalue weighted by molar-refractivity contribution is -0.116. The lowest BCUT2D eigenvalue weighted by Crippen LogP contribution is -2.25. The van der Waals surface area contributed by atoms with Gasteiger partial charge in [-0.05, 0) is 18.2 Å². The molecular weight excluding hydrogens is 330 g/mol. The molecule has 1 unspecified atom stereocenters. The highest BCUT2D eigenvalue weighted by atomic mass is 16.5. The fourth-order valence-corrected chi connectivity index (χ4v) is 3.35. The molecule has 0 spiro atoms. The molecule has 132 valence electrons. The highest BCUT2D eigenvalue weighted by molar-refractivity contribution is 5.94. The topological polar surface area (TPSA) is 65.4 Å². The third-order valence-electron chi connectivity index (χ3n) is 4.62. The minimum Gasteiger partial charge on any atom is -0.497 e. The molecule has 4 rings (SSSR count).